The van der Waals surface area contributed by atoms with Gasteiger partial charge in [0.25, 0.3) is 11.1 Å². The molecule has 3 N–H and O–H groups in total. The molecule has 0 spiro atoms. The molecule has 2 aromatic carbocycles. The Hall–Kier alpha value is -3.53. The first-order valence-electron chi connectivity index (χ1n) is 9.49. The molecule has 0 aliphatic carbocycles. The summed E-state index contributed by atoms with van der Waals surface area (Å²) in [6.45, 7) is 0.737. The van der Waals surface area contributed by atoms with Crippen molar-refractivity contribution < 1.29 is 23.9 Å². The van der Waals surface area contributed by atoms with Crippen LogP contribution >= 0.6 is 11.8 Å². The summed E-state index contributed by atoms with van der Waals surface area (Å²) in [6, 6.07) is 13.2. The number of ether oxygens (including phenoxy) is 1. The van der Waals surface area contributed by atoms with Crippen molar-refractivity contribution >= 4 is 40.5 Å². The second kappa shape index (κ2) is 10.5. The van der Waals surface area contributed by atoms with Crippen LogP contribution in [0, 0.1) is 0 Å². The SMILES string of the molecule is COc1ccc(C(=O)NCCNC(=O)Nc2ccc(CN3C(=O)CSC3=O)cc2)cc1. The minimum absolute atomic E-state index is 0.180. The highest BCUT2D eigenvalue weighted by Gasteiger charge is 2.29. The van der Waals surface area contributed by atoms with Crippen molar-refractivity contribution in [3.05, 3.63) is 59.7 Å². The molecule has 0 aromatic heterocycles. The van der Waals surface area contributed by atoms with Crippen LogP contribution in [-0.4, -0.2) is 53.9 Å². The Labute approximate surface area is 183 Å². The number of amides is 5. The van der Waals surface area contributed by atoms with Gasteiger partial charge in [-0.2, -0.15) is 0 Å². The Morgan fingerprint density at radius 2 is 1.68 bits per heavy atom. The zero-order valence-electron chi connectivity index (χ0n) is 16.8. The molecule has 31 heavy (non-hydrogen) atoms. The van der Waals surface area contributed by atoms with Crippen molar-refractivity contribution in [3.63, 3.8) is 0 Å². The van der Waals surface area contributed by atoms with Crippen molar-refractivity contribution in [1.29, 1.82) is 0 Å². The molecule has 9 nitrogen and oxygen atoms in total. The fraction of sp³-hybridized carbons (Fsp3) is 0.238. The second-order valence-corrected chi connectivity index (χ2v) is 7.52. The van der Waals surface area contributed by atoms with E-state index in [-0.39, 0.29) is 42.4 Å². The third-order valence-electron chi connectivity index (χ3n) is 4.44. The van der Waals surface area contributed by atoms with E-state index in [1.165, 1.54) is 4.90 Å². The van der Waals surface area contributed by atoms with Gasteiger partial charge in [-0.1, -0.05) is 23.9 Å². The zero-order chi connectivity index (χ0) is 22.2. The standard InChI is InChI=1S/C21H22N4O5S/c1-30-17-8-4-15(5-9-17)19(27)22-10-11-23-20(28)24-16-6-2-14(3-7-16)12-25-18(26)13-31-21(25)29/h2-9H,10-13H2,1H3,(H,22,27)(H2,23,24,28). The Balaban J connectivity index is 1.37. The highest BCUT2D eigenvalue weighted by molar-refractivity contribution is 8.14. The smallest absolute Gasteiger partial charge is 0.319 e. The molecule has 10 heteroatoms. The monoisotopic (exact) mass is 442 g/mol. The van der Waals surface area contributed by atoms with E-state index in [9.17, 15) is 19.2 Å². The second-order valence-electron chi connectivity index (χ2n) is 6.60. The Morgan fingerprint density at radius 1 is 1.00 bits per heavy atom. The first kappa shape index (κ1) is 22.2. The van der Waals surface area contributed by atoms with Crippen LogP contribution in [0.4, 0.5) is 15.3 Å². The maximum atomic E-state index is 12.0. The molecule has 1 fully saturated rings. The number of anilines is 1. The number of urea groups is 1. The molecule has 0 radical (unpaired) electrons. The summed E-state index contributed by atoms with van der Waals surface area (Å²) < 4.78 is 5.05. The van der Waals surface area contributed by atoms with Gasteiger partial charge in [0, 0.05) is 24.3 Å². The number of nitrogens with one attached hydrogen (secondary N) is 3. The van der Waals surface area contributed by atoms with Gasteiger partial charge in [0.05, 0.1) is 19.4 Å². The molecule has 0 atom stereocenters. The quantitative estimate of drug-likeness (QED) is 0.541. The van der Waals surface area contributed by atoms with Gasteiger partial charge in [0.1, 0.15) is 5.75 Å². The number of hydrogen-bond donors (Lipinski definition) is 3. The van der Waals surface area contributed by atoms with E-state index < -0.39 is 6.03 Å². The molecule has 5 amide bonds. The predicted molar refractivity (Wildman–Crippen MR) is 117 cm³/mol. The van der Waals surface area contributed by atoms with E-state index in [0.717, 1.165) is 17.3 Å². The van der Waals surface area contributed by atoms with Crippen LogP contribution in [0.2, 0.25) is 0 Å². The first-order valence-corrected chi connectivity index (χ1v) is 10.5. The molecule has 0 unspecified atom stereocenters. The molecular weight excluding hydrogens is 420 g/mol. The highest BCUT2D eigenvalue weighted by atomic mass is 32.2. The maximum absolute atomic E-state index is 12.0. The number of nitrogens with zero attached hydrogens (tertiary/aromatic N) is 1. The molecule has 3 rings (SSSR count). The van der Waals surface area contributed by atoms with Crippen LogP contribution in [0.15, 0.2) is 48.5 Å². The summed E-state index contributed by atoms with van der Waals surface area (Å²) in [5.41, 5.74) is 1.86. The summed E-state index contributed by atoms with van der Waals surface area (Å²) >= 11 is 0.996. The van der Waals surface area contributed by atoms with Gasteiger partial charge >= 0.3 is 6.03 Å². The third kappa shape index (κ3) is 6.22. The Bertz CT molecular complexity index is 947. The molecular formula is C21H22N4O5S. The van der Waals surface area contributed by atoms with Crippen molar-refractivity contribution in [3.8, 4) is 5.75 Å². The summed E-state index contributed by atoms with van der Waals surface area (Å²) in [5.74, 6) is 0.406. The molecule has 1 saturated heterocycles. The summed E-state index contributed by atoms with van der Waals surface area (Å²) in [7, 11) is 1.55. The van der Waals surface area contributed by atoms with E-state index in [4.69, 9.17) is 4.74 Å². The third-order valence-corrected chi connectivity index (χ3v) is 5.30. The lowest BCUT2D eigenvalue weighted by molar-refractivity contribution is -0.125. The van der Waals surface area contributed by atoms with Crippen molar-refractivity contribution in [1.82, 2.24) is 15.5 Å². The maximum Gasteiger partial charge on any atom is 0.319 e. The number of carbonyl (C=O) groups is 4. The molecule has 0 saturated carbocycles. The largest absolute Gasteiger partial charge is 0.497 e. The fourth-order valence-corrected chi connectivity index (χ4v) is 3.51. The molecule has 1 heterocycles. The van der Waals surface area contributed by atoms with Crippen molar-refractivity contribution in [2.45, 2.75) is 6.54 Å². The van der Waals surface area contributed by atoms with E-state index in [1.807, 2.05) is 0 Å². The zero-order valence-corrected chi connectivity index (χ0v) is 17.7. The van der Waals surface area contributed by atoms with Crippen molar-refractivity contribution in [2.75, 3.05) is 31.3 Å². The van der Waals surface area contributed by atoms with Gasteiger partial charge in [0.15, 0.2) is 0 Å². The summed E-state index contributed by atoms with van der Waals surface area (Å²) in [4.78, 5) is 48.6. The average Bonchev–Trinajstić information content (AvgIpc) is 3.10. The van der Waals surface area contributed by atoms with Gasteiger partial charge in [-0.3, -0.25) is 19.3 Å². The van der Waals surface area contributed by atoms with Crippen LogP contribution in [0.5, 0.6) is 5.75 Å². The van der Waals surface area contributed by atoms with Crippen LogP contribution in [0.1, 0.15) is 15.9 Å². The number of benzene rings is 2. The van der Waals surface area contributed by atoms with Gasteiger partial charge < -0.3 is 20.7 Å². The Kier molecular flexibility index (Phi) is 7.50. The van der Waals surface area contributed by atoms with E-state index in [1.54, 1.807) is 55.6 Å². The van der Waals surface area contributed by atoms with E-state index >= 15 is 0 Å². The van der Waals surface area contributed by atoms with Crippen LogP contribution in [0.3, 0.4) is 0 Å². The van der Waals surface area contributed by atoms with E-state index in [2.05, 4.69) is 16.0 Å². The summed E-state index contributed by atoms with van der Waals surface area (Å²) in [6.07, 6.45) is 0. The minimum atomic E-state index is -0.409. The number of hydrogen-bond acceptors (Lipinski definition) is 6. The molecule has 1 aliphatic heterocycles. The lowest BCUT2D eigenvalue weighted by atomic mass is 10.2. The number of carbonyl (C=O) groups excluding carboxylic acids is 4. The fourth-order valence-electron chi connectivity index (χ4n) is 2.78. The average molecular weight is 442 g/mol. The number of rotatable bonds is 8. The summed E-state index contributed by atoms with van der Waals surface area (Å²) in [5, 5.41) is 7.82. The number of imide groups is 1. The molecule has 1 aliphatic rings. The van der Waals surface area contributed by atoms with Crippen LogP contribution in [-0.2, 0) is 11.3 Å². The molecule has 2 aromatic rings. The Morgan fingerprint density at radius 3 is 2.29 bits per heavy atom. The molecule has 0 bridgehead atoms. The topological polar surface area (TPSA) is 117 Å². The van der Waals surface area contributed by atoms with Gasteiger partial charge in [-0.25, -0.2) is 4.79 Å². The predicted octanol–water partition coefficient (Wildman–Crippen LogP) is 2.44. The number of methoxy groups -OCH3 is 1. The van der Waals surface area contributed by atoms with Gasteiger partial charge in [-0.05, 0) is 42.0 Å². The lowest BCUT2D eigenvalue weighted by Crippen LogP contribution is -2.36. The number of thioether (sulfide) groups is 1. The van der Waals surface area contributed by atoms with Gasteiger partial charge in [-0.15, -0.1) is 0 Å². The first-order chi connectivity index (χ1) is 15.0. The van der Waals surface area contributed by atoms with Crippen molar-refractivity contribution in [2.24, 2.45) is 0 Å². The highest BCUT2D eigenvalue weighted by Crippen LogP contribution is 2.21. The van der Waals surface area contributed by atoms with Crippen LogP contribution < -0.4 is 20.7 Å². The van der Waals surface area contributed by atoms with E-state index in [0.29, 0.717) is 17.0 Å². The lowest BCUT2D eigenvalue weighted by Gasteiger charge is -2.13. The van der Waals surface area contributed by atoms with Gasteiger partial charge in [0.2, 0.25) is 5.91 Å². The minimum Gasteiger partial charge on any atom is -0.497 e. The molecule has 162 valence electrons. The normalized spacial score (nSPS) is 13.1. The van der Waals surface area contributed by atoms with Crippen LogP contribution in [0.25, 0.3) is 0 Å².